The molecule has 0 atom stereocenters. The molecule has 3 heterocycles. The zero-order valence-corrected chi connectivity index (χ0v) is 22.5. The number of rotatable bonds is 7. The molecule has 1 aromatic heterocycles. The highest BCUT2D eigenvalue weighted by atomic mass is 35.5. The quantitative estimate of drug-likeness (QED) is 0.394. The molecule has 0 bridgehead atoms. The van der Waals surface area contributed by atoms with Gasteiger partial charge >= 0.3 is 0 Å². The van der Waals surface area contributed by atoms with E-state index in [1.165, 1.54) is 29.4 Å². The fraction of sp³-hybridized carbons (Fsp3) is 0.407. The van der Waals surface area contributed by atoms with Crippen molar-refractivity contribution in [2.24, 2.45) is 5.41 Å². The standard InChI is InChI=1S/C27H31ClN5O2P/c1-34-17-12-27(13-17)15-33(16-27)22-9-8-21(24-18(22)10-11-35-24)31-26-29-14-19(28)25(32-26)30-20-6-4-5-7-23(20)36(2)3/h4-9,14,17H,10-13,15-16H2,1-3H3,(H2,29,30,31,32). The van der Waals surface area contributed by atoms with Gasteiger partial charge in [0.15, 0.2) is 5.82 Å². The Kier molecular flexibility index (Phi) is 6.19. The first-order valence-electron chi connectivity index (χ1n) is 12.3. The van der Waals surface area contributed by atoms with E-state index in [1.807, 2.05) is 13.2 Å². The number of halogens is 1. The smallest absolute Gasteiger partial charge is 0.229 e. The van der Waals surface area contributed by atoms with Gasteiger partial charge in [-0.25, -0.2) is 4.98 Å². The highest BCUT2D eigenvalue weighted by molar-refractivity contribution is 7.64. The Bertz CT molecular complexity index is 1290. The van der Waals surface area contributed by atoms with E-state index in [9.17, 15) is 0 Å². The molecule has 2 aliphatic heterocycles. The molecular formula is C27H31ClN5O2P. The van der Waals surface area contributed by atoms with Gasteiger partial charge in [-0.15, -0.1) is 0 Å². The van der Waals surface area contributed by atoms with Gasteiger partial charge in [-0.2, -0.15) is 4.98 Å². The van der Waals surface area contributed by atoms with Gasteiger partial charge in [0.25, 0.3) is 0 Å². The summed E-state index contributed by atoms with van der Waals surface area (Å²) in [6.07, 6.45) is 5.32. The first kappa shape index (κ1) is 23.8. The van der Waals surface area contributed by atoms with Crippen LogP contribution >= 0.6 is 19.5 Å². The minimum Gasteiger partial charge on any atom is -0.491 e. The number of hydrogen-bond donors (Lipinski definition) is 2. The molecule has 2 N–H and O–H groups in total. The minimum atomic E-state index is -0.277. The topological polar surface area (TPSA) is 71.5 Å². The molecule has 3 aromatic rings. The summed E-state index contributed by atoms with van der Waals surface area (Å²) < 4.78 is 11.6. The van der Waals surface area contributed by atoms with Crippen LogP contribution in [0.1, 0.15) is 18.4 Å². The lowest BCUT2D eigenvalue weighted by molar-refractivity contribution is -0.0731. The second-order valence-corrected chi connectivity index (χ2v) is 12.9. The number of nitrogens with zero attached hydrogens (tertiary/aromatic N) is 3. The molecule has 1 saturated heterocycles. The fourth-order valence-corrected chi connectivity index (χ4v) is 6.81. The van der Waals surface area contributed by atoms with Gasteiger partial charge in [-0.1, -0.05) is 37.7 Å². The first-order chi connectivity index (χ1) is 17.4. The summed E-state index contributed by atoms with van der Waals surface area (Å²) in [6.45, 7) is 7.35. The van der Waals surface area contributed by atoms with Crippen LogP contribution < -0.4 is 25.6 Å². The van der Waals surface area contributed by atoms with Crippen molar-refractivity contribution in [2.75, 3.05) is 55.7 Å². The Hall–Kier alpha value is -2.60. The predicted octanol–water partition coefficient (Wildman–Crippen LogP) is 5.53. The van der Waals surface area contributed by atoms with Crippen LogP contribution in [0, 0.1) is 5.41 Å². The molecule has 2 fully saturated rings. The second kappa shape index (κ2) is 9.37. The predicted molar refractivity (Wildman–Crippen MR) is 149 cm³/mol. The molecule has 0 unspecified atom stereocenters. The molecule has 1 spiro atoms. The molecule has 3 aliphatic rings. The molecule has 36 heavy (non-hydrogen) atoms. The van der Waals surface area contributed by atoms with Crippen molar-refractivity contribution in [3.63, 3.8) is 0 Å². The zero-order chi connectivity index (χ0) is 24.9. The normalized spacial score (nSPS) is 18.0. The van der Waals surface area contributed by atoms with Crippen molar-refractivity contribution in [3.8, 4) is 5.75 Å². The minimum absolute atomic E-state index is 0.277. The van der Waals surface area contributed by atoms with E-state index in [1.54, 1.807) is 6.20 Å². The van der Waals surface area contributed by atoms with E-state index >= 15 is 0 Å². The van der Waals surface area contributed by atoms with Crippen molar-refractivity contribution in [2.45, 2.75) is 25.4 Å². The Balaban J connectivity index is 1.21. The Labute approximate surface area is 218 Å². The first-order valence-corrected chi connectivity index (χ1v) is 15.0. The fourth-order valence-electron chi connectivity index (χ4n) is 5.67. The molecular weight excluding hydrogens is 493 g/mol. The molecule has 1 aliphatic carbocycles. The lowest BCUT2D eigenvalue weighted by atomic mass is 9.61. The van der Waals surface area contributed by atoms with E-state index < -0.39 is 0 Å². The highest BCUT2D eigenvalue weighted by Gasteiger charge is 2.53. The van der Waals surface area contributed by atoms with Crippen molar-refractivity contribution in [1.29, 1.82) is 0 Å². The number of methoxy groups -OCH3 is 1. The van der Waals surface area contributed by atoms with Crippen LogP contribution in [0.3, 0.4) is 0 Å². The average Bonchev–Trinajstić information content (AvgIpc) is 3.31. The monoisotopic (exact) mass is 523 g/mol. The summed E-state index contributed by atoms with van der Waals surface area (Å²) in [5, 5.41) is 8.53. The van der Waals surface area contributed by atoms with Gasteiger partial charge in [0.05, 0.1) is 24.6 Å². The zero-order valence-electron chi connectivity index (χ0n) is 20.8. The molecule has 188 valence electrons. The number of nitrogens with one attached hydrogen (secondary N) is 2. The van der Waals surface area contributed by atoms with Gasteiger partial charge in [0.1, 0.15) is 10.8 Å². The van der Waals surface area contributed by atoms with Crippen LogP contribution in [0.5, 0.6) is 5.75 Å². The molecule has 0 amide bonds. The Morgan fingerprint density at radius 1 is 1.11 bits per heavy atom. The molecule has 1 saturated carbocycles. The average molecular weight is 524 g/mol. The van der Waals surface area contributed by atoms with E-state index in [4.69, 9.17) is 26.1 Å². The van der Waals surface area contributed by atoms with Crippen LogP contribution in [-0.2, 0) is 11.2 Å². The number of aromatic nitrogens is 2. The van der Waals surface area contributed by atoms with Crippen LogP contribution in [-0.4, -0.2) is 56.2 Å². The van der Waals surface area contributed by atoms with Gasteiger partial charge < -0.3 is 25.0 Å². The van der Waals surface area contributed by atoms with Gasteiger partial charge in [0, 0.05) is 49.0 Å². The molecule has 9 heteroatoms. The molecule has 0 radical (unpaired) electrons. The number of benzene rings is 2. The van der Waals surface area contributed by atoms with Gasteiger partial charge in [-0.3, -0.25) is 0 Å². The van der Waals surface area contributed by atoms with Crippen molar-refractivity contribution >= 4 is 53.7 Å². The highest BCUT2D eigenvalue weighted by Crippen LogP contribution is 2.52. The second-order valence-electron chi connectivity index (χ2n) is 10.2. The summed E-state index contributed by atoms with van der Waals surface area (Å²) in [7, 11) is 1.54. The summed E-state index contributed by atoms with van der Waals surface area (Å²) in [6, 6.07) is 12.6. The maximum atomic E-state index is 6.46. The summed E-state index contributed by atoms with van der Waals surface area (Å²) in [5.74, 6) is 1.95. The lowest BCUT2D eigenvalue weighted by Gasteiger charge is -2.59. The number of hydrogen-bond acceptors (Lipinski definition) is 7. The van der Waals surface area contributed by atoms with Gasteiger partial charge in [0.2, 0.25) is 5.95 Å². The largest absolute Gasteiger partial charge is 0.491 e. The summed E-state index contributed by atoms with van der Waals surface area (Å²) in [5.41, 5.74) is 4.89. The van der Waals surface area contributed by atoms with E-state index in [2.05, 4.69) is 64.2 Å². The van der Waals surface area contributed by atoms with Crippen LogP contribution in [0.2, 0.25) is 5.02 Å². The SMILES string of the molecule is COC1CC2(C1)CN(c1ccc(Nc3ncc(Cl)c(Nc4ccccc4P(C)C)n3)c3c1CCO3)C2. The molecule has 7 nitrogen and oxygen atoms in total. The van der Waals surface area contributed by atoms with Crippen LogP contribution in [0.4, 0.5) is 28.8 Å². The third-order valence-electron chi connectivity index (χ3n) is 7.51. The lowest BCUT2D eigenvalue weighted by Crippen LogP contribution is -2.64. The van der Waals surface area contributed by atoms with E-state index in [0.29, 0.717) is 34.9 Å². The third-order valence-corrected chi connectivity index (χ3v) is 9.14. The maximum Gasteiger partial charge on any atom is 0.229 e. The van der Waals surface area contributed by atoms with Crippen molar-refractivity contribution < 1.29 is 9.47 Å². The van der Waals surface area contributed by atoms with Crippen molar-refractivity contribution in [1.82, 2.24) is 9.97 Å². The van der Waals surface area contributed by atoms with Crippen LogP contribution in [0.25, 0.3) is 0 Å². The van der Waals surface area contributed by atoms with E-state index in [0.717, 1.165) is 36.6 Å². The van der Waals surface area contributed by atoms with Gasteiger partial charge in [-0.05, 0) is 49.7 Å². The van der Waals surface area contributed by atoms with Crippen LogP contribution in [0.15, 0.2) is 42.6 Å². The Morgan fingerprint density at radius 3 is 2.69 bits per heavy atom. The summed E-state index contributed by atoms with van der Waals surface area (Å²) >= 11 is 6.46. The number of anilines is 5. The Morgan fingerprint density at radius 2 is 1.92 bits per heavy atom. The summed E-state index contributed by atoms with van der Waals surface area (Å²) in [4.78, 5) is 11.6. The number of fused-ring (bicyclic) bond motifs is 1. The van der Waals surface area contributed by atoms with E-state index in [-0.39, 0.29) is 7.92 Å². The molecule has 6 rings (SSSR count). The van der Waals surface area contributed by atoms with Crippen molar-refractivity contribution in [3.05, 3.63) is 53.2 Å². The third kappa shape index (κ3) is 4.27. The number of para-hydroxylation sites is 1. The maximum absolute atomic E-state index is 6.46. The molecule has 2 aromatic carbocycles. The number of ether oxygens (including phenoxy) is 2.